The van der Waals surface area contributed by atoms with Gasteiger partial charge in [0.1, 0.15) is 23.8 Å². The van der Waals surface area contributed by atoms with Gasteiger partial charge in [-0.1, -0.05) is 12.5 Å². The van der Waals surface area contributed by atoms with Crippen LogP contribution in [0, 0.1) is 0 Å². The van der Waals surface area contributed by atoms with Gasteiger partial charge >= 0.3 is 0 Å². The second-order valence-electron chi connectivity index (χ2n) is 8.35. The van der Waals surface area contributed by atoms with E-state index in [1.165, 1.54) is 19.3 Å². The standard InChI is InChI=1S/C26H28N4O3/c31-26(27-17-23(24-7-6-16-32-24)29-13-3-1-4-14-29)20-9-11-22(12-10-20)33-19-21-18-30-15-5-2-8-25(30)28-21/h2,5-12,15-16,18,23H,1,3-4,13-14,17,19H2,(H,27,31)/t23-/m1/s1. The monoisotopic (exact) mass is 444 g/mol. The van der Waals surface area contributed by atoms with Gasteiger partial charge in [0.15, 0.2) is 0 Å². The molecule has 1 aromatic carbocycles. The number of nitrogens with one attached hydrogen (secondary N) is 1. The minimum Gasteiger partial charge on any atom is -0.487 e. The average molecular weight is 445 g/mol. The van der Waals surface area contributed by atoms with Gasteiger partial charge in [0.05, 0.1) is 18.0 Å². The molecule has 33 heavy (non-hydrogen) atoms. The van der Waals surface area contributed by atoms with Gasteiger partial charge in [-0.2, -0.15) is 0 Å². The molecule has 0 bridgehead atoms. The van der Waals surface area contributed by atoms with E-state index in [0.717, 1.165) is 30.2 Å². The first kappa shape index (κ1) is 21.3. The third kappa shape index (κ3) is 5.09. The molecule has 1 saturated heterocycles. The molecule has 0 unspecified atom stereocenters. The fourth-order valence-electron chi connectivity index (χ4n) is 4.33. The van der Waals surface area contributed by atoms with E-state index in [2.05, 4.69) is 15.2 Å². The molecule has 4 aromatic rings. The number of aromatic nitrogens is 2. The van der Waals surface area contributed by atoms with Crippen molar-refractivity contribution < 1.29 is 13.9 Å². The zero-order valence-electron chi connectivity index (χ0n) is 18.5. The van der Waals surface area contributed by atoms with Gasteiger partial charge in [-0.3, -0.25) is 9.69 Å². The lowest BCUT2D eigenvalue weighted by Crippen LogP contribution is -2.40. The number of rotatable bonds is 8. The summed E-state index contributed by atoms with van der Waals surface area (Å²) in [6.07, 6.45) is 9.23. The van der Waals surface area contributed by atoms with Gasteiger partial charge in [0, 0.05) is 24.5 Å². The van der Waals surface area contributed by atoms with Crippen LogP contribution in [-0.4, -0.2) is 39.8 Å². The molecule has 0 spiro atoms. The lowest BCUT2D eigenvalue weighted by molar-refractivity contribution is 0.0914. The number of imidazole rings is 1. The molecular formula is C26H28N4O3. The quantitative estimate of drug-likeness (QED) is 0.434. The van der Waals surface area contributed by atoms with Crippen LogP contribution in [0.25, 0.3) is 5.65 Å². The molecule has 0 aliphatic carbocycles. The van der Waals surface area contributed by atoms with Crippen molar-refractivity contribution in [3.8, 4) is 5.75 Å². The van der Waals surface area contributed by atoms with Crippen molar-refractivity contribution >= 4 is 11.6 Å². The maximum atomic E-state index is 12.8. The molecule has 5 rings (SSSR count). The summed E-state index contributed by atoms with van der Waals surface area (Å²) in [6.45, 7) is 2.94. The Balaban J connectivity index is 1.17. The Labute approximate surface area is 193 Å². The van der Waals surface area contributed by atoms with Crippen LogP contribution in [-0.2, 0) is 6.61 Å². The maximum absolute atomic E-state index is 12.8. The molecule has 7 nitrogen and oxygen atoms in total. The number of hydrogen-bond acceptors (Lipinski definition) is 5. The number of benzene rings is 1. The minimum atomic E-state index is -0.101. The highest BCUT2D eigenvalue weighted by Crippen LogP contribution is 2.24. The largest absolute Gasteiger partial charge is 0.487 e. The highest BCUT2D eigenvalue weighted by molar-refractivity contribution is 5.94. The van der Waals surface area contributed by atoms with Crippen LogP contribution in [0.3, 0.4) is 0 Å². The third-order valence-electron chi connectivity index (χ3n) is 6.08. The Morgan fingerprint density at radius 3 is 2.67 bits per heavy atom. The number of ether oxygens (including phenoxy) is 1. The number of furan rings is 1. The fraction of sp³-hybridized carbons (Fsp3) is 0.308. The van der Waals surface area contributed by atoms with Crippen LogP contribution in [0.5, 0.6) is 5.75 Å². The first-order valence-electron chi connectivity index (χ1n) is 11.5. The van der Waals surface area contributed by atoms with Crippen LogP contribution in [0.15, 0.2) is 77.7 Å². The van der Waals surface area contributed by atoms with Crippen molar-refractivity contribution in [3.05, 3.63) is 90.3 Å². The predicted octanol–water partition coefficient (Wildman–Crippen LogP) is 4.46. The van der Waals surface area contributed by atoms with Gasteiger partial charge in [-0.25, -0.2) is 4.98 Å². The zero-order chi connectivity index (χ0) is 22.5. The van der Waals surface area contributed by atoms with Crippen molar-refractivity contribution in [2.45, 2.75) is 31.9 Å². The van der Waals surface area contributed by atoms with E-state index < -0.39 is 0 Å². The number of amides is 1. The van der Waals surface area contributed by atoms with Crippen molar-refractivity contribution in [3.63, 3.8) is 0 Å². The van der Waals surface area contributed by atoms with E-state index in [4.69, 9.17) is 9.15 Å². The number of pyridine rings is 1. The first-order chi connectivity index (χ1) is 16.3. The topological polar surface area (TPSA) is 72.0 Å². The zero-order valence-corrected chi connectivity index (χ0v) is 18.5. The molecule has 4 heterocycles. The van der Waals surface area contributed by atoms with E-state index in [-0.39, 0.29) is 11.9 Å². The van der Waals surface area contributed by atoms with Crippen LogP contribution in [0.2, 0.25) is 0 Å². The summed E-state index contributed by atoms with van der Waals surface area (Å²) in [5.41, 5.74) is 2.34. The molecule has 1 aliphatic heterocycles. The Bertz CT molecular complexity index is 1140. The van der Waals surface area contributed by atoms with E-state index in [9.17, 15) is 4.79 Å². The number of carbonyl (C=O) groups is 1. The second-order valence-corrected chi connectivity index (χ2v) is 8.35. The number of fused-ring (bicyclic) bond motifs is 1. The van der Waals surface area contributed by atoms with Gasteiger partial charge in [-0.05, 0) is 74.5 Å². The van der Waals surface area contributed by atoms with Crippen LogP contribution >= 0.6 is 0 Å². The smallest absolute Gasteiger partial charge is 0.251 e. The molecule has 1 amide bonds. The number of hydrogen-bond donors (Lipinski definition) is 1. The Morgan fingerprint density at radius 1 is 1.06 bits per heavy atom. The summed E-state index contributed by atoms with van der Waals surface area (Å²) in [4.78, 5) is 19.7. The molecule has 7 heteroatoms. The highest BCUT2D eigenvalue weighted by Gasteiger charge is 2.25. The van der Waals surface area contributed by atoms with Crippen molar-refractivity contribution in [2.24, 2.45) is 0 Å². The van der Waals surface area contributed by atoms with Gasteiger partial charge in [0.25, 0.3) is 5.91 Å². The molecule has 0 saturated carbocycles. The Kier molecular flexibility index (Phi) is 6.39. The summed E-state index contributed by atoms with van der Waals surface area (Å²) in [5.74, 6) is 1.49. The Hall–Kier alpha value is -3.58. The van der Waals surface area contributed by atoms with Gasteiger partial charge in [0.2, 0.25) is 0 Å². The fourth-order valence-corrected chi connectivity index (χ4v) is 4.33. The van der Waals surface area contributed by atoms with Crippen LogP contribution in [0.1, 0.15) is 47.1 Å². The van der Waals surface area contributed by atoms with Crippen LogP contribution < -0.4 is 10.1 Å². The van der Waals surface area contributed by atoms with Gasteiger partial charge < -0.3 is 18.9 Å². The van der Waals surface area contributed by atoms with Crippen molar-refractivity contribution in [1.82, 2.24) is 19.6 Å². The number of likely N-dealkylation sites (tertiary alicyclic amines) is 1. The van der Waals surface area contributed by atoms with E-state index in [1.807, 2.05) is 59.3 Å². The molecule has 1 N–H and O–H groups in total. The molecule has 170 valence electrons. The second kappa shape index (κ2) is 9.92. The molecule has 0 radical (unpaired) electrons. The molecule has 1 fully saturated rings. The summed E-state index contributed by atoms with van der Waals surface area (Å²) in [6, 6.07) is 17.0. The summed E-state index contributed by atoms with van der Waals surface area (Å²) >= 11 is 0. The number of carbonyl (C=O) groups excluding carboxylic acids is 1. The Morgan fingerprint density at radius 2 is 1.91 bits per heavy atom. The van der Waals surface area contributed by atoms with E-state index in [0.29, 0.717) is 24.5 Å². The van der Waals surface area contributed by atoms with Crippen LogP contribution in [0.4, 0.5) is 0 Å². The molecular weight excluding hydrogens is 416 g/mol. The molecule has 1 atom stereocenters. The normalized spacial score (nSPS) is 15.4. The average Bonchev–Trinajstić information content (AvgIpc) is 3.54. The highest BCUT2D eigenvalue weighted by atomic mass is 16.5. The van der Waals surface area contributed by atoms with E-state index in [1.54, 1.807) is 18.4 Å². The minimum absolute atomic E-state index is 0.0530. The number of piperidine rings is 1. The summed E-state index contributed by atoms with van der Waals surface area (Å²) in [7, 11) is 0. The SMILES string of the molecule is O=C(NC[C@H](c1ccco1)N1CCCCC1)c1ccc(OCc2cn3ccccc3n2)cc1. The molecule has 1 aliphatic rings. The lowest BCUT2D eigenvalue weighted by atomic mass is 10.1. The summed E-state index contributed by atoms with van der Waals surface area (Å²) in [5, 5.41) is 3.08. The predicted molar refractivity (Wildman–Crippen MR) is 125 cm³/mol. The summed E-state index contributed by atoms with van der Waals surface area (Å²) < 4.78 is 13.5. The first-order valence-corrected chi connectivity index (χ1v) is 11.5. The van der Waals surface area contributed by atoms with Crippen molar-refractivity contribution in [2.75, 3.05) is 19.6 Å². The third-order valence-corrected chi connectivity index (χ3v) is 6.08. The molecule has 3 aromatic heterocycles. The lowest BCUT2D eigenvalue weighted by Gasteiger charge is -2.33. The number of nitrogens with zero attached hydrogens (tertiary/aromatic N) is 3. The van der Waals surface area contributed by atoms with E-state index >= 15 is 0 Å². The maximum Gasteiger partial charge on any atom is 0.251 e. The van der Waals surface area contributed by atoms with Gasteiger partial charge in [-0.15, -0.1) is 0 Å². The van der Waals surface area contributed by atoms with Crippen molar-refractivity contribution in [1.29, 1.82) is 0 Å².